The summed E-state index contributed by atoms with van der Waals surface area (Å²) in [5.74, 6) is -0.555. The number of aromatic nitrogens is 1. The van der Waals surface area contributed by atoms with E-state index in [1.165, 1.54) is 28.8 Å². The fourth-order valence-corrected chi connectivity index (χ4v) is 3.83. The van der Waals surface area contributed by atoms with Gasteiger partial charge < -0.3 is 14.8 Å². The fourth-order valence-electron chi connectivity index (χ4n) is 2.70. The van der Waals surface area contributed by atoms with Crippen molar-refractivity contribution >= 4 is 28.9 Å². The number of halogens is 2. The van der Waals surface area contributed by atoms with Gasteiger partial charge in [0.2, 0.25) is 0 Å². The summed E-state index contributed by atoms with van der Waals surface area (Å²) in [6.45, 7) is 1.30. The molecule has 1 amide bonds. The maximum Gasteiger partial charge on any atom is 0.387 e. The van der Waals surface area contributed by atoms with E-state index in [4.69, 9.17) is 4.74 Å². The predicted molar refractivity (Wildman–Crippen MR) is 113 cm³/mol. The Labute approximate surface area is 181 Å². The van der Waals surface area contributed by atoms with Crippen molar-refractivity contribution in [3.8, 4) is 11.8 Å². The number of nitrogens with zero attached hydrogens (tertiary/aromatic N) is 2. The number of carbonyl (C=O) groups is 1. The second-order valence-electron chi connectivity index (χ2n) is 6.78. The number of alkyl halides is 2. The van der Waals surface area contributed by atoms with Crippen LogP contribution < -0.4 is 24.8 Å². The van der Waals surface area contributed by atoms with Gasteiger partial charge in [0.1, 0.15) is 16.5 Å². The summed E-state index contributed by atoms with van der Waals surface area (Å²) in [7, 11) is 1.54. The third-order valence-corrected chi connectivity index (χ3v) is 5.14. The average Bonchev–Trinajstić information content (AvgIpc) is 2.99. The zero-order chi connectivity index (χ0) is 23.0. The molecule has 2 aromatic rings. The molecule has 0 atom stereocenters. The number of benzene rings is 1. The van der Waals surface area contributed by atoms with Crippen LogP contribution in [0.25, 0.3) is 11.6 Å². The first-order valence-corrected chi connectivity index (χ1v) is 10.3. The lowest BCUT2D eigenvalue weighted by atomic mass is 10.2. The molecule has 0 aliphatic rings. The lowest BCUT2D eigenvalue weighted by Gasteiger charge is -2.07. The quantitative estimate of drug-likeness (QED) is 0.585. The van der Waals surface area contributed by atoms with Gasteiger partial charge in [-0.15, -0.1) is 11.3 Å². The molecule has 31 heavy (non-hydrogen) atoms. The largest absolute Gasteiger partial charge is 0.435 e. The molecule has 0 saturated carbocycles. The van der Waals surface area contributed by atoms with Crippen LogP contribution in [0.15, 0.2) is 29.1 Å². The Balaban J connectivity index is 2.59. The summed E-state index contributed by atoms with van der Waals surface area (Å²) in [5, 5.41) is 12.3. The van der Waals surface area contributed by atoms with E-state index in [0.29, 0.717) is 23.1 Å². The molecule has 1 heterocycles. The van der Waals surface area contributed by atoms with Crippen LogP contribution in [0.4, 0.5) is 8.78 Å². The molecule has 0 spiro atoms. The van der Waals surface area contributed by atoms with E-state index in [1.807, 2.05) is 6.07 Å². The van der Waals surface area contributed by atoms with Gasteiger partial charge in [0.05, 0.1) is 4.53 Å². The minimum atomic E-state index is -2.93. The first-order chi connectivity index (χ1) is 14.8. The molecule has 166 valence electrons. The molecule has 7 nitrogen and oxygen atoms in total. The van der Waals surface area contributed by atoms with Gasteiger partial charge in [-0.25, -0.2) is 0 Å². The molecule has 0 saturated heterocycles. The first-order valence-electron chi connectivity index (χ1n) is 9.47. The molecule has 0 bridgehead atoms. The lowest BCUT2D eigenvalue weighted by molar-refractivity contribution is -0.116. The van der Waals surface area contributed by atoms with Crippen LogP contribution in [0.5, 0.6) is 5.75 Å². The van der Waals surface area contributed by atoms with Crippen molar-refractivity contribution in [3.63, 3.8) is 0 Å². The number of methoxy groups -OCH3 is 1. The van der Waals surface area contributed by atoms with Crippen LogP contribution in [0.1, 0.15) is 25.8 Å². The second-order valence-corrected chi connectivity index (χ2v) is 7.81. The van der Waals surface area contributed by atoms with Crippen molar-refractivity contribution in [3.05, 3.63) is 49.4 Å². The van der Waals surface area contributed by atoms with E-state index >= 15 is 0 Å². The highest BCUT2D eigenvalue weighted by atomic mass is 32.1. The molecule has 0 aliphatic heterocycles. The number of carbonyl (C=O) groups excluding carboxylic acids is 1. The van der Waals surface area contributed by atoms with Crippen LogP contribution >= 0.6 is 11.3 Å². The molecule has 0 unspecified atom stereocenters. The van der Waals surface area contributed by atoms with Crippen molar-refractivity contribution in [1.29, 1.82) is 5.26 Å². The summed E-state index contributed by atoms with van der Waals surface area (Å²) in [6.07, 6.45) is 2.09. The predicted octanol–water partition coefficient (Wildman–Crippen LogP) is 1.58. The topological polar surface area (TPSA) is 93.3 Å². The molecular formula is C21H23F2N3O4S. The summed E-state index contributed by atoms with van der Waals surface area (Å²) in [4.78, 5) is 25.5. The van der Waals surface area contributed by atoms with Gasteiger partial charge in [-0.3, -0.25) is 14.2 Å². The number of hydrogen-bond acceptors (Lipinski definition) is 6. The normalized spacial score (nSPS) is 12.8. The van der Waals surface area contributed by atoms with Gasteiger partial charge in [-0.1, -0.05) is 12.1 Å². The third kappa shape index (κ3) is 6.73. The number of amides is 1. The minimum absolute atomic E-state index is 0.00134. The molecule has 0 aliphatic carbocycles. The summed E-state index contributed by atoms with van der Waals surface area (Å²) in [6, 6.07) is 7.53. The van der Waals surface area contributed by atoms with E-state index in [0.717, 1.165) is 11.3 Å². The average molecular weight is 451 g/mol. The fraction of sp³-hybridized carbons (Fsp3) is 0.381. The number of thiazole rings is 1. The van der Waals surface area contributed by atoms with Crippen LogP contribution in [-0.4, -0.2) is 36.8 Å². The van der Waals surface area contributed by atoms with E-state index < -0.39 is 12.5 Å². The molecule has 1 aromatic carbocycles. The van der Waals surface area contributed by atoms with Crippen LogP contribution in [0, 0.1) is 11.3 Å². The monoisotopic (exact) mass is 451 g/mol. The highest BCUT2D eigenvalue weighted by molar-refractivity contribution is 7.07. The Morgan fingerprint density at radius 2 is 2.00 bits per heavy atom. The first kappa shape index (κ1) is 24.2. The smallest absolute Gasteiger partial charge is 0.387 e. The van der Waals surface area contributed by atoms with Crippen LogP contribution in [-0.2, 0) is 16.1 Å². The molecule has 0 fully saturated rings. The van der Waals surface area contributed by atoms with Crippen molar-refractivity contribution in [2.45, 2.75) is 39.5 Å². The number of rotatable bonds is 9. The molecule has 2 rings (SSSR count). The van der Waals surface area contributed by atoms with Crippen molar-refractivity contribution < 1.29 is 23.0 Å². The van der Waals surface area contributed by atoms with E-state index in [-0.39, 0.29) is 34.1 Å². The van der Waals surface area contributed by atoms with Crippen molar-refractivity contribution in [2.75, 3.05) is 13.7 Å². The molecular weight excluding hydrogens is 428 g/mol. The highest BCUT2D eigenvalue weighted by Crippen LogP contribution is 2.15. The molecule has 10 heteroatoms. The number of nitrogens with one attached hydrogen (secondary N) is 1. The van der Waals surface area contributed by atoms with Crippen LogP contribution in [0.2, 0.25) is 0 Å². The van der Waals surface area contributed by atoms with Gasteiger partial charge in [-0.2, -0.15) is 14.0 Å². The van der Waals surface area contributed by atoms with E-state index in [2.05, 4.69) is 10.1 Å². The number of hydrogen-bond donors (Lipinski definition) is 1. The highest BCUT2D eigenvalue weighted by Gasteiger charge is 2.16. The second kappa shape index (κ2) is 11.4. The van der Waals surface area contributed by atoms with Gasteiger partial charge in [0.15, 0.2) is 5.57 Å². The summed E-state index contributed by atoms with van der Waals surface area (Å²) in [5.41, 5.74) is 0.0864. The standard InChI is InChI=1S/C21H23F2N3O4S/c1-13(2)25-18(27)16(12-24)20-26(9-4-10-29-3)19(28)17(31-20)11-14-5-7-15(8-6-14)30-21(22)23/h5-8,11,13,21H,4,9-10H2,1-3H3,(H,25,27)/b17-11-,20-16+. The van der Waals surface area contributed by atoms with E-state index in [9.17, 15) is 23.6 Å². The Bertz CT molecular complexity index is 1120. The molecule has 0 radical (unpaired) electrons. The molecule has 1 aromatic heterocycles. The summed E-state index contributed by atoms with van der Waals surface area (Å²) < 4.78 is 35.9. The van der Waals surface area contributed by atoms with Crippen molar-refractivity contribution in [1.82, 2.24) is 9.88 Å². The van der Waals surface area contributed by atoms with Gasteiger partial charge >= 0.3 is 6.61 Å². The van der Waals surface area contributed by atoms with Gasteiger partial charge in [-0.05, 0) is 44.0 Å². The van der Waals surface area contributed by atoms with Gasteiger partial charge in [0, 0.05) is 26.3 Å². The lowest BCUT2D eigenvalue weighted by Crippen LogP contribution is -2.37. The molecule has 1 N–H and O–H groups in total. The van der Waals surface area contributed by atoms with Gasteiger partial charge in [0.25, 0.3) is 11.5 Å². The van der Waals surface area contributed by atoms with Crippen molar-refractivity contribution in [2.24, 2.45) is 0 Å². The Morgan fingerprint density at radius 1 is 1.32 bits per heavy atom. The number of nitriles is 1. The maximum absolute atomic E-state index is 13.0. The Morgan fingerprint density at radius 3 is 2.55 bits per heavy atom. The Kier molecular flexibility index (Phi) is 8.90. The SMILES string of the molecule is COCCCn1c(=O)/c(=C/c2ccc(OC(F)F)cc2)s/c1=C(\C#N)C(=O)NC(C)C. The Hall–Kier alpha value is -3.03. The van der Waals surface area contributed by atoms with E-state index in [1.54, 1.807) is 27.0 Å². The zero-order valence-electron chi connectivity index (χ0n) is 17.4. The maximum atomic E-state index is 13.0. The number of ether oxygens (including phenoxy) is 2. The minimum Gasteiger partial charge on any atom is -0.435 e. The summed E-state index contributed by atoms with van der Waals surface area (Å²) >= 11 is 1.02. The van der Waals surface area contributed by atoms with Crippen LogP contribution in [0.3, 0.4) is 0 Å². The zero-order valence-corrected chi connectivity index (χ0v) is 18.2. The third-order valence-electron chi connectivity index (χ3n) is 4.01.